The molecule has 3 nitrogen and oxygen atoms in total. The first-order chi connectivity index (χ1) is 8.86. The number of aromatic nitrogens is 2. The van der Waals surface area contributed by atoms with Crippen molar-refractivity contribution in [3.8, 4) is 0 Å². The Morgan fingerprint density at radius 2 is 1.95 bits per heavy atom. The number of hydrogen-bond acceptors (Lipinski definition) is 1. The lowest BCUT2D eigenvalue weighted by atomic mass is 10.3. The maximum absolute atomic E-state index is 5.64. The average molecular weight is 283 g/mol. The quantitative estimate of drug-likeness (QED) is 0.521. The smallest absolute Gasteiger partial charge is 0.246 e. The summed E-state index contributed by atoms with van der Waals surface area (Å²) in [6.45, 7) is 6.91. The number of aryl methyl sites for hydroxylation is 1. The van der Waals surface area contributed by atoms with Crippen LogP contribution in [-0.2, 0) is 18.0 Å². The van der Waals surface area contributed by atoms with E-state index in [1.54, 1.807) is 0 Å². The molecule has 0 bridgehead atoms. The molecule has 106 valence electrons. The van der Waals surface area contributed by atoms with E-state index in [1.807, 2.05) is 0 Å². The zero-order chi connectivity index (χ0) is 12.8. The third kappa shape index (κ3) is 3.95. The summed E-state index contributed by atoms with van der Waals surface area (Å²) in [6, 6.07) is 8.53. The second kappa shape index (κ2) is 8.18. The van der Waals surface area contributed by atoms with Crippen LogP contribution in [0, 0.1) is 0 Å². The number of imidazole rings is 1. The molecule has 0 spiro atoms. The predicted octanol–water partition coefficient (Wildman–Crippen LogP) is 0.117. The highest BCUT2D eigenvalue weighted by Crippen LogP contribution is 2.11. The molecule has 0 aliphatic heterocycles. The largest absolute Gasteiger partial charge is 1.00 e. The van der Waals surface area contributed by atoms with Crippen molar-refractivity contribution >= 4 is 11.0 Å². The van der Waals surface area contributed by atoms with Crippen molar-refractivity contribution in [2.45, 2.75) is 46.4 Å². The first-order valence-corrected chi connectivity index (χ1v) is 6.91. The first-order valence-electron chi connectivity index (χ1n) is 6.91. The third-order valence-electron chi connectivity index (χ3n) is 3.11. The van der Waals surface area contributed by atoms with Gasteiger partial charge in [0.15, 0.2) is 17.8 Å². The molecule has 0 saturated heterocycles. The molecule has 2 aromatic rings. The van der Waals surface area contributed by atoms with Crippen molar-refractivity contribution in [2.24, 2.45) is 0 Å². The lowest BCUT2D eigenvalue weighted by molar-refractivity contribution is -0.710. The van der Waals surface area contributed by atoms with E-state index in [0.29, 0.717) is 6.73 Å². The van der Waals surface area contributed by atoms with Crippen LogP contribution in [-0.4, -0.2) is 11.2 Å². The zero-order valence-electron chi connectivity index (χ0n) is 11.8. The van der Waals surface area contributed by atoms with Crippen LogP contribution in [0.2, 0.25) is 0 Å². The molecule has 0 aliphatic rings. The number of hydrogen-bond donors (Lipinski definition) is 0. The summed E-state index contributed by atoms with van der Waals surface area (Å²) in [5, 5.41) is 0. The molecule has 0 fully saturated rings. The Morgan fingerprint density at radius 3 is 2.68 bits per heavy atom. The van der Waals surface area contributed by atoms with Gasteiger partial charge < -0.3 is 17.1 Å². The van der Waals surface area contributed by atoms with E-state index in [-0.39, 0.29) is 12.4 Å². The number of benzene rings is 1. The molecular weight excluding hydrogens is 260 g/mol. The number of ether oxygens (including phenoxy) is 1. The number of fused-ring (bicyclic) bond motifs is 1. The van der Waals surface area contributed by atoms with Crippen molar-refractivity contribution in [3.63, 3.8) is 0 Å². The maximum atomic E-state index is 5.64. The summed E-state index contributed by atoms with van der Waals surface area (Å²) in [5.74, 6) is 0. The second-order valence-electron chi connectivity index (χ2n) is 4.66. The minimum atomic E-state index is 0. The van der Waals surface area contributed by atoms with E-state index in [2.05, 4.69) is 53.6 Å². The van der Waals surface area contributed by atoms with Crippen LogP contribution in [0.25, 0.3) is 11.0 Å². The van der Waals surface area contributed by atoms with Crippen LogP contribution in [0.4, 0.5) is 0 Å². The summed E-state index contributed by atoms with van der Waals surface area (Å²) >= 11 is 0. The third-order valence-corrected chi connectivity index (χ3v) is 3.11. The number of halogens is 1. The Kier molecular flexibility index (Phi) is 6.89. The lowest BCUT2D eigenvalue weighted by Gasteiger charge is -1.98. The highest BCUT2D eigenvalue weighted by molar-refractivity contribution is 5.71. The van der Waals surface area contributed by atoms with Gasteiger partial charge in [-0.25, -0.2) is 9.13 Å². The molecule has 1 aromatic heterocycles. The van der Waals surface area contributed by atoms with E-state index < -0.39 is 0 Å². The molecule has 0 radical (unpaired) electrons. The lowest BCUT2D eigenvalue weighted by Crippen LogP contribution is -3.00. The van der Waals surface area contributed by atoms with Gasteiger partial charge in [0, 0.05) is 0 Å². The monoisotopic (exact) mass is 282 g/mol. The van der Waals surface area contributed by atoms with E-state index >= 15 is 0 Å². The van der Waals surface area contributed by atoms with Gasteiger partial charge in [-0.1, -0.05) is 32.4 Å². The van der Waals surface area contributed by atoms with Crippen molar-refractivity contribution in [1.82, 2.24) is 4.57 Å². The van der Waals surface area contributed by atoms with E-state index in [4.69, 9.17) is 4.74 Å². The van der Waals surface area contributed by atoms with Gasteiger partial charge in [-0.15, -0.1) is 0 Å². The predicted molar refractivity (Wildman–Crippen MR) is 73.3 cm³/mol. The molecule has 1 heterocycles. The Bertz CT molecular complexity index is 496. The standard InChI is InChI=1S/C15H23N2O.ClH/c1-3-5-10-16-12-17(13-18-11-4-2)15-9-7-6-8-14(15)16;/h6-9,12H,3-5,10-11,13H2,1-2H3;1H/q+1;/p-1. The molecule has 0 unspecified atom stereocenters. The Labute approximate surface area is 121 Å². The van der Waals surface area contributed by atoms with Crippen molar-refractivity contribution < 1.29 is 21.7 Å². The molecule has 0 N–H and O–H groups in total. The summed E-state index contributed by atoms with van der Waals surface area (Å²) in [5.41, 5.74) is 2.55. The summed E-state index contributed by atoms with van der Waals surface area (Å²) in [7, 11) is 0. The molecule has 1 aromatic carbocycles. The fraction of sp³-hybridized carbons (Fsp3) is 0.533. The number of para-hydroxylation sites is 2. The van der Waals surface area contributed by atoms with Crippen LogP contribution in [0.3, 0.4) is 0 Å². The highest BCUT2D eigenvalue weighted by atomic mass is 35.5. The van der Waals surface area contributed by atoms with E-state index in [9.17, 15) is 0 Å². The van der Waals surface area contributed by atoms with Gasteiger partial charge in [0.2, 0.25) is 6.33 Å². The molecular formula is C15H23ClN2O. The molecule has 0 aliphatic carbocycles. The second-order valence-corrected chi connectivity index (χ2v) is 4.66. The minimum Gasteiger partial charge on any atom is -1.00 e. The van der Waals surface area contributed by atoms with Crippen molar-refractivity contribution in [2.75, 3.05) is 6.61 Å². The molecule has 0 atom stereocenters. The van der Waals surface area contributed by atoms with Gasteiger partial charge in [0.25, 0.3) is 0 Å². The topological polar surface area (TPSA) is 18.0 Å². The van der Waals surface area contributed by atoms with Crippen molar-refractivity contribution in [1.29, 1.82) is 0 Å². The van der Waals surface area contributed by atoms with Crippen LogP contribution >= 0.6 is 0 Å². The average Bonchev–Trinajstić information content (AvgIpc) is 2.76. The summed E-state index contributed by atoms with van der Waals surface area (Å²) < 4.78 is 10.2. The van der Waals surface area contributed by atoms with Crippen LogP contribution in [0.1, 0.15) is 33.1 Å². The minimum absolute atomic E-state index is 0. The Balaban J connectivity index is 0.00000180. The molecule has 0 amide bonds. The first kappa shape index (κ1) is 16.0. The van der Waals surface area contributed by atoms with Gasteiger partial charge >= 0.3 is 0 Å². The Morgan fingerprint density at radius 1 is 1.16 bits per heavy atom. The highest BCUT2D eigenvalue weighted by Gasteiger charge is 2.14. The zero-order valence-corrected chi connectivity index (χ0v) is 12.6. The Hall–Kier alpha value is -1.06. The number of rotatable bonds is 7. The fourth-order valence-electron chi connectivity index (χ4n) is 2.16. The normalized spacial score (nSPS) is 10.6. The molecule has 0 saturated carbocycles. The van der Waals surface area contributed by atoms with Crippen LogP contribution in [0.15, 0.2) is 30.6 Å². The molecule has 4 heteroatoms. The molecule has 19 heavy (non-hydrogen) atoms. The van der Waals surface area contributed by atoms with Crippen LogP contribution in [0.5, 0.6) is 0 Å². The maximum Gasteiger partial charge on any atom is 0.246 e. The van der Waals surface area contributed by atoms with Gasteiger partial charge in [0.1, 0.15) is 0 Å². The van der Waals surface area contributed by atoms with E-state index in [0.717, 1.165) is 19.6 Å². The number of nitrogens with zero attached hydrogens (tertiary/aromatic N) is 2. The van der Waals surface area contributed by atoms with Crippen LogP contribution < -0.4 is 17.0 Å². The fourth-order valence-corrected chi connectivity index (χ4v) is 2.16. The van der Waals surface area contributed by atoms with Gasteiger partial charge in [-0.3, -0.25) is 0 Å². The SMILES string of the molecule is CCCCn1c[n+](COCCC)c2ccccc21.[Cl-]. The summed E-state index contributed by atoms with van der Waals surface area (Å²) in [4.78, 5) is 0. The van der Waals surface area contributed by atoms with E-state index in [1.165, 1.54) is 23.9 Å². The van der Waals surface area contributed by atoms with Gasteiger partial charge in [-0.05, 0) is 25.0 Å². The van der Waals surface area contributed by atoms with Gasteiger partial charge in [0.05, 0.1) is 13.2 Å². The van der Waals surface area contributed by atoms with Gasteiger partial charge in [-0.2, -0.15) is 0 Å². The number of unbranched alkanes of at least 4 members (excludes halogenated alkanes) is 1. The molecule has 2 rings (SSSR count). The van der Waals surface area contributed by atoms with Crippen molar-refractivity contribution in [3.05, 3.63) is 30.6 Å². The summed E-state index contributed by atoms with van der Waals surface area (Å²) in [6.07, 6.45) is 5.68.